The van der Waals surface area contributed by atoms with E-state index in [1.807, 2.05) is 51.1 Å². The Labute approximate surface area is 295 Å². The average Bonchev–Trinajstić information content (AvgIpc) is 3.45. The lowest BCUT2D eigenvalue weighted by Crippen LogP contribution is -2.74. The van der Waals surface area contributed by atoms with Crippen molar-refractivity contribution in [3.63, 3.8) is 0 Å². The molecule has 2 saturated heterocycles. The van der Waals surface area contributed by atoms with Crippen molar-refractivity contribution in [3.05, 3.63) is 30.3 Å². The molecule has 2 aliphatic heterocycles. The number of carbonyl (C=O) groups excluding carboxylic acids is 3. The van der Waals surface area contributed by atoms with Crippen LogP contribution in [0, 0.1) is 27.6 Å². The van der Waals surface area contributed by atoms with Gasteiger partial charge < -0.3 is 28.5 Å². The van der Waals surface area contributed by atoms with E-state index in [4.69, 9.17) is 23.4 Å². The fraction of sp³-hybridized carbons (Fsp3) is 0.750. The quantitative estimate of drug-likeness (QED) is 0.214. The highest BCUT2D eigenvalue weighted by Crippen LogP contribution is 2.71. The molecule has 9 nitrogen and oxygen atoms in total. The molecule has 4 fully saturated rings. The number of carbonyl (C=O) groups is 3. The predicted molar refractivity (Wildman–Crippen MR) is 190 cm³/mol. The number of methoxy groups -OCH3 is 1. The molecule has 0 radical (unpaired) electrons. The van der Waals surface area contributed by atoms with Gasteiger partial charge >= 0.3 is 17.9 Å². The number of ether oxygens (including phenoxy) is 4. The Hall–Kier alpha value is -1.57. The molecule has 5 rings (SSSR count). The van der Waals surface area contributed by atoms with Crippen molar-refractivity contribution < 1.29 is 42.9 Å². The Morgan fingerprint density at radius 3 is 2.19 bits per heavy atom. The van der Waals surface area contributed by atoms with Crippen LogP contribution in [0.15, 0.2) is 30.3 Å². The molecule has 1 unspecified atom stereocenters. The number of hydrogen-bond acceptors (Lipinski definition) is 11. The van der Waals surface area contributed by atoms with Gasteiger partial charge in [0.25, 0.3) is 0 Å². The Morgan fingerprint density at radius 1 is 0.979 bits per heavy atom. The Morgan fingerprint density at radius 2 is 1.60 bits per heavy atom. The number of esters is 3. The maximum absolute atomic E-state index is 14.5. The third-order valence-electron chi connectivity index (χ3n) is 10.8. The zero-order chi connectivity index (χ0) is 35.3. The van der Waals surface area contributed by atoms with E-state index in [0.717, 1.165) is 23.1 Å². The smallest absolute Gasteiger partial charge is 0.317 e. The zero-order valence-electron chi connectivity index (χ0n) is 30.0. The third-order valence-corrected chi connectivity index (χ3v) is 16.8. The molecule has 1 aromatic carbocycles. The molecule has 268 valence electrons. The van der Waals surface area contributed by atoms with Gasteiger partial charge in [-0.2, -0.15) is 0 Å². The van der Waals surface area contributed by atoms with E-state index in [2.05, 4.69) is 13.1 Å². The minimum absolute atomic E-state index is 0.0136. The first-order chi connectivity index (χ1) is 22.3. The maximum atomic E-state index is 14.5. The summed E-state index contributed by atoms with van der Waals surface area (Å²) < 4.78 is 31.5. The van der Waals surface area contributed by atoms with Gasteiger partial charge in [0.1, 0.15) is 11.5 Å². The van der Waals surface area contributed by atoms with E-state index in [1.54, 1.807) is 44.3 Å². The van der Waals surface area contributed by atoms with Crippen molar-refractivity contribution in [2.24, 2.45) is 27.6 Å². The molecular weight excluding hydrogens is 669 g/mol. The topological polar surface area (TPSA) is 118 Å². The van der Waals surface area contributed by atoms with Gasteiger partial charge in [-0.15, -0.1) is 23.5 Å². The highest BCUT2D eigenvalue weighted by molar-refractivity contribution is 8.18. The Balaban J connectivity index is 1.68. The van der Waals surface area contributed by atoms with E-state index in [0.29, 0.717) is 6.42 Å². The van der Waals surface area contributed by atoms with Gasteiger partial charge in [0.2, 0.25) is 8.32 Å². The second-order valence-electron chi connectivity index (χ2n) is 16.4. The van der Waals surface area contributed by atoms with Crippen molar-refractivity contribution in [2.75, 3.05) is 31.8 Å². The van der Waals surface area contributed by atoms with Crippen LogP contribution in [0.2, 0.25) is 13.1 Å². The summed E-state index contributed by atoms with van der Waals surface area (Å²) in [6.45, 7) is 15.1. The minimum Gasteiger partial charge on any atom is -0.468 e. The summed E-state index contributed by atoms with van der Waals surface area (Å²) in [6, 6.07) is 10.0. The molecule has 48 heavy (non-hydrogen) atoms. The molecule has 0 bridgehead atoms. The first kappa shape index (κ1) is 37.7. The fourth-order valence-electron chi connectivity index (χ4n) is 8.21. The first-order valence-electron chi connectivity index (χ1n) is 17.1. The summed E-state index contributed by atoms with van der Waals surface area (Å²) in [5.74, 6) is -0.0548. The van der Waals surface area contributed by atoms with Crippen molar-refractivity contribution in [1.29, 1.82) is 0 Å². The van der Waals surface area contributed by atoms with E-state index >= 15 is 0 Å². The summed E-state index contributed by atoms with van der Waals surface area (Å²) >= 11 is 3.59. The number of hydrogen-bond donors (Lipinski definition) is 1. The second kappa shape index (κ2) is 13.5. The normalized spacial score (nSPS) is 33.1. The van der Waals surface area contributed by atoms with Gasteiger partial charge in [-0.3, -0.25) is 14.4 Å². The lowest BCUT2D eigenvalue weighted by Gasteiger charge is -2.64. The van der Waals surface area contributed by atoms with Gasteiger partial charge in [0, 0.05) is 24.2 Å². The molecule has 2 saturated carbocycles. The average molecular weight is 723 g/mol. The Bertz CT molecular complexity index is 1350. The van der Waals surface area contributed by atoms with Crippen LogP contribution in [0.25, 0.3) is 0 Å². The van der Waals surface area contributed by atoms with Crippen LogP contribution in [0.3, 0.4) is 0 Å². The number of aliphatic hydroxyl groups is 1. The lowest BCUT2D eigenvalue weighted by atomic mass is 9.46. The van der Waals surface area contributed by atoms with Gasteiger partial charge in [-0.1, -0.05) is 30.3 Å². The number of thioether (sulfide) groups is 2. The summed E-state index contributed by atoms with van der Waals surface area (Å²) in [5, 5.41) is 13.7. The van der Waals surface area contributed by atoms with E-state index in [-0.39, 0.29) is 38.0 Å². The zero-order valence-corrected chi connectivity index (χ0v) is 32.6. The fourth-order valence-corrected chi connectivity index (χ4v) is 13.9. The SMILES string of the molecule is COC(=O)[C@]12CO[C@@H]3[C@@H]1C(CCOC(=O)C(C)(C)C)([C@@H](OC(=O)C(C)(C)C)CC31SCCCS1)[C@@H](O)C[C@H]2O[Si](C)(C)c1ccccc1. The van der Waals surface area contributed by atoms with Crippen molar-refractivity contribution in [3.8, 4) is 0 Å². The van der Waals surface area contributed by atoms with Crippen LogP contribution >= 0.6 is 23.5 Å². The molecule has 1 aromatic rings. The number of benzene rings is 1. The summed E-state index contributed by atoms with van der Waals surface area (Å²) in [6.07, 6.45) is -1.29. The summed E-state index contributed by atoms with van der Waals surface area (Å²) in [7, 11) is -1.25. The van der Waals surface area contributed by atoms with E-state index < -0.39 is 70.4 Å². The molecule has 0 aromatic heterocycles. The summed E-state index contributed by atoms with van der Waals surface area (Å²) in [5.41, 5.74) is -4.02. The van der Waals surface area contributed by atoms with Crippen LogP contribution in [0.4, 0.5) is 0 Å². The Kier molecular flexibility index (Phi) is 10.6. The predicted octanol–water partition coefficient (Wildman–Crippen LogP) is 5.32. The van der Waals surface area contributed by atoms with Crippen molar-refractivity contribution in [2.45, 2.75) is 109 Å². The van der Waals surface area contributed by atoms with Gasteiger partial charge in [0.15, 0.2) is 0 Å². The van der Waals surface area contributed by atoms with Crippen molar-refractivity contribution in [1.82, 2.24) is 0 Å². The highest BCUT2D eigenvalue weighted by atomic mass is 32.2. The molecule has 4 aliphatic rings. The second-order valence-corrected chi connectivity index (χ2v) is 23.4. The van der Waals surface area contributed by atoms with Crippen LogP contribution in [0.5, 0.6) is 0 Å². The number of fused-ring (bicyclic) bond motifs is 1. The van der Waals surface area contributed by atoms with Crippen LogP contribution in [-0.2, 0) is 37.8 Å². The van der Waals surface area contributed by atoms with Crippen LogP contribution < -0.4 is 5.19 Å². The maximum Gasteiger partial charge on any atom is 0.317 e. The minimum atomic E-state index is -2.64. The molecule has 7 atom stereocenters. The molecule has 1 spiro atoms. The third kappa shape index (κ3) is 6.51. The molecule has 1 N–H and O–H groups in total. The molecule has 12 heteroatoms. The largest absolute Gasteiger partial charge is 0.468 e. The van der Waals surface area contributed by atoms with Gasteiger partial charge in [-0.05, 0) is 84.2 Å². The van der Waals surface area contributed by atoms with Crippen molar-refractivity contribution >= 4 is 54.9 Å². The molecule has 0 amide bonds. The van der Waals surface area contributed by atoms with Gasteiger partial charge in [0.05, 0.1) is 53.5 Å². The monoisotopic (exact) mass is 722 g/mol. The van der Waals surface area contributed by atoms with E-state index in [1.165, 1.54) is 7.11 Å². The molecule has 2 aliphatic carbocycles. The summed E-state index contributed by atoms with van der Waals surface area (Å²) in [4.78, 5) is 41.2. The highest BCUT2D eigenvalue weighted by Gasteiger charge is 2.79. The van der Waals surface area contributed by atoms with Gasteiger partial charge in [-0.25, -0.2) is 0 Å². The van der Waals surface area contributed by atoms with E-state index in [9.17, 15) is 19.5 Å². The number of rotatable bonds is 8. The molecule has 2 heterocycles. The van der Waals surface area contributed by atoms with Crippen LogP contribution in [-0.4, -0.2) is 91.7 Å². The van der Waals surface area contributed by atoms with Crippen LogP contribution in [0.1, 0.15) is 67.2 Å². The molecular formula is C36H54O9S2Si. The standard InChI is InChI=1S/C36H54O9S2Si/c1-32(2,3)29(38)42-17-16-34-24(37)20-25(45-48(8,9)23-14-11-10-12-15-23)35(31(40)41-7)22-43-28(27(34)35)36(46-18-13-19-47-36)21-26(34)44-30(39)33(4,5)6/h10-12,14-15,24-28,37H,13,16-22H2,1-9H3/t24-,25+,26-,27+,28+,34?,35-/m0/s1. The first-order valence-corrected chi connectivity index (χ1v) is 22.0. The lowest BCUT2D eigenvalue weighted by molar-refractivity contribution is -0.240. The number of aliphatic hydroxyl groups excluding tert-OH is 1.